The Balaban J connectivity index is 2.17. The van der Waals surface area contributed by atoms with Crippen LogP contribution in [0.25, 0.3) is 0 Å². The Morgan fingerprint density at radius 3 is 2.37 bits per heavy atom. The van der Waals surface area contributed by atoms with E-state index >= 15 is 0 Å². The summed E-state index contributed by atoms with van der Waals surface area (Å²) in [7, 11) is 0. The van der Waals surface area contributed by atoms with Crippen LogP contribution in [0.2, 0.25) is 0 Å². The molecule has 4 nitrogen and oxygen atoms in total. The van der Waals surface area contributed by atoms with E-state index in [-0.39, 0.29) is 6.10 Å². The van der Waals surface area contributed by atoms with Crippen LogP contribution in [0, 0.1) is 11.8 Å². The Morgan fingerprint density at radius 2 is 1.79 bits per heavy atom. The number of aliphatic hydroxyl groups is 2. The Hall–Kier alpha value is -0.160. The lowest BCUT2D eigenvalue weighted by Crippen LogP contribution is -2.41. The van der Waals surface area contributed by atoms with E-state index in [1.807, 2.05) is 0 Å². The molecule has 0 aliphatic heterocycles. The van der Waals surface area contributed by atoms with Crippen molar-refractivity contribution >= 4 is 0 Å². The minimum Gasteiger partial charge on any atom is -0.396 e. The second-order valence-electron chi connectivity index (χ2n) is 5.79. The van der Waals surface area contributed by atoms with Crippen molar-refractivity contribution in [1.82, 2.24) is 10.2 Å². The quantitative estimate of drug-likeness (QED) is 0.588. The van der Waals surface area contributed by atoms with E-state index in [1.165, 1.54) is 19.3 Å². The van der Waals surface area contributed by atoms with Gasteiger partial charge >= 0.3 is 0 Å². The van der Waals surface area contributed by atoms with E-state index in [0.29, 0.717) is 25.0 Å². The molecule has 0 radical (unpaired) electrons. The Bertz CT molecular complexity index is 222. The maximum absolute atomic E-state index is 9.98. The molecule has 4 heteroatoms. The van der Waals surface area contributed by atoms with Crippen LogP contribution in [0.1, 0.15) is 39.5 Å². The van der Waals surface area contributed by atoms with Gasteiger partial charge < -0.3 is 20.4 Å². The Labute approximate surface area is 118 Å². The zero-order chi connectivity index (χ0) is 14.1. The summed E-state index contributed by atoms with van der Waals surface area (Å²) in [6, 6.07) is 0. The monoisotopic (exact) mass is 272 g/mol. The molecule has 0 amide bonds. The van der Waals surface area contributed by atoms with Crippen molar-refractivity contribution in [1.29, 1.82) is 0 Å². The summed E-state index contributed by atoms with van der Waals surface area (Å²) in [5.41, 5.74) is 0. The van der Waals surface area contributed by atoms with Crippen molar-refractivity contribution < 1.29 is 10.2 Å². The molecule has 19 heavy (non-hydrogen) atoms. The zero-order valence-corrected chi connectivity index (χ0v) is 12.6. The number of hydrogen-bond acceptors (Lipinski definition) is 4. The summed E-state index contributed by atoms with van der Waals surface area (Å²) < 4.78 is 0. The molecule has 1 aliphatic carbocycles. The van der Waals surface area contributed by atoms with Crippen LogP contribution in [0.3, 0.4) is 0 Å². The highest BCUT2D eigenvalue weighted by molar-refractivity contribution is 4.77. The molecule has 0 aromatic carbocycles. The fourth-order valence-corrected chi connectivity index (χ4v) is 3.07. The van der Waals surface area contributed by atoms with Crippen molar-refractivity contribution in [2.75, 3.05) is 39.3 Å². The zero-order valence-electron chi connectivity index (χ0n) is 12.6. The van der Waals surface area contributed by atoms with Crippen LogP contribution in [-0.4, -0.2) is 60.5 Å². The fourth-order valence-electron chi connectivity index (χ4n) is 3.07. The standard InChI is InChI=1S/C15H32N2O2/c1-3-17(4-2)11-15(19)10-16-9-13-7-5-6-8-14(13)12-18/h13-16,18-19H,3-12H2,1-2H3. The third-order valence-corrected chi connectivity index (χ3v) is 4.45. The number of nitrogens with zero attached hydrogens (tertiary/aromatic N) is 1. The third kappa shape index (κ3) is 6.21. The van der Waals surface area contributed by atoms with Crippen molar-refractivity contribution in [2.24, 2.45) is 11.8 Å². The summed E-state index contributed by atoms with van der Waals surface area (Å²) in [6.45, 7) is 8.87. The van der Waals surface area contributed by atoms with Gasteiger partial charge in [0.25, 0.3) is 0 Å². The Morgan fingerprint density at radius 1 is 1.16 bits per heavy atom. The summed E-state index contributed by atoms with van der Waals surface area (Å²) in [6.07, 6.45) is 4.61. The van der Waals surface area contributed by atoms with Crippen LogP contribution in [-0.2, 0) is 0 Å². The van der Waals surface area contributed by atoms with Crippen LogP contribution >= 0.6 is 0 Å². The van der Waals surface area contributed by atoms with E-state index in [9.17, 15) is 10.2 Å². The minimum absolute atomic E-state index is 0.295. The topological polar surface area (TPSA) is 55.7 Å². The molecule has 0 aromatic rings. The predicted molar refractivity (Wildman–Crippen MR) is 79.2 cm³/mol. The summed E-state index contributed by atoms with van der Waals surface area (Å²) in [5.74, 6) is 1.04. The molecule has 3 N–H and O–H groups in total. The molecule has 3 unspecified atom stereocenters. The smallest absolute Gasteiger partial charge is 0.0791 e. The molecule has 0 saturated heterocycles. The second kappa shape index (κ2) is 9.70. The molecule has 0 heterocycles. The number of aliphatic hydroxyl groups excluding tert-OH is 2. The van der Waals surface area contributed by atoms with Gasteiger partial charge in [0.2, 0.25) is 0 Å². The maximum Gasteiger partial charge on any atom is 0.0791 e. The SMILES string of the molecule is CCN(CC)CC(O)CNCC1CCCCC1CO. The van der Waals surface area contributed by atoms with Crippen molar-refractivity contribution in [3.8, 4) is 0 Å². The van der Waals surface area contributed by atoms with E-state index in [4.69, 9.17) is 0 Å². The molecule has 0 aromatic heterocycles. The first-order valence-electron chi connectivity index (χ1n) is 7.93. The summed E-state index contributed by atoms with van der Waals surface area (Å²) in [4.78, 5) is 2.24. The van der Waals surface area contributed by atoms with Gasteiger partial charge in [-0.05, 0) is 44.3 Å². The third-order valence-electron chi connectivity index (χ3n) is 4.45. The average Bonchev–Trinajstić information content (AvgIpc) is 2.45. The molecule has 0 bridgehead atoms. The summed E-state index contributed by atoms with van der Waals surface area (Å²) in [5, 5.41) is 22.7. The van der Waals surface area contributed by atoms with Gasteiger partial charge in [-0.25, -0.2) is 0 Å². The number of rotatable bonds is 9. The van der Waals surface area contributed by atoms with Crippen molar-refractivity contribution in [2.45, 2.75) is 45.6 Å². The van der Waals surface area contributed by atoms with Gasteiger partial charge in [0.15, 0.2) is 0 Å². The van der Waals surface area contributed by atoms with Gasteiger partial charge in [-0.2, -0.15) is 0 Å². The largest absolute Gasteiger partial charge is 0.396 e. The lowest BCUT2D eigenvalue weighted by molar-refractivity contribution is 0.105. The van der Waals surface area contributed by atoms with Crippen LogP contribution in [0.5, 0.6) is 0 Å². The van der Waals surface area contributed by atoms with Gasteiger partial charge in [-0.3, -0.25) is 0 Å². The van der Waals surface area contributed by atoms with Gasteiger partial charge in [-0.15, -0.1) is 0 Å². The normalized spacial score (nSPS) is 25.7. The van der Waals surface area contributed by atoms with Crippen LogP contribution < -0.4 is 5.32 Å². The highest BCUT2D eigenvalue weighted by Gasteiger charge is 2.24. The molecule has 3 atom stereocenters. The summed E-state index contributed by atoms with van der Waals surface area (Å²) >= 11 is 0. The first-order valence-corrected chi connectivity index (χ1v) is 7.93. The molecule has 0 spiro atoms. The fraction of sp³-hybridized carbons (Fsp3) is 1.00. The molecule has 1 aliphatic rings. The predicted octanol–water partition coefficient (Wildman–Crippen LogP) is 1.08. The van der Waals surface area contributed by atoms with E-state index in [0.717, 1.165) is 32.6 Å². The molecule has 1 fully saturated rings. The van der Waals surface area contributed by atoms with Gasteiger partial charge in [0, 0.05) is 19.7 Å². The molecule has 1 rings (SSSR count). The van der Waals surface area contributed by atoms with Crippen LogP contribution in [0.4, 0.5) is 0 Å². The van der Waals surface area contributed by atoms with E-state index < -0.39 is 0 Å². The Kier molecular flexibility index (Phi) is 8.62. The van der Waals surface area contributed by atoms with Gasteiger partial charge in [0.1, 0.15) is 0 Å². The van der Waals surface area contributed by atoms with E-state index in [1.54, 1.807) is 0 Å². The molecular formula is C15H32N2O2. The van der Waals surface area contributed by atoms with Gasteiger partial charge in [0.05, 0.1) is 6.10 Å². The second-order valence-corrected chi connectivity index (χ2v) is 5.79. The van der Waals surface area contributed by atoms with Crippen LogP contribution in [0.15, 0.2) is 0 Å². The maximum atomic E-state index is 9.98. The van der Waals surface area contributed by atoms with E-state index in [2.05, 4.69) is 24.1 Å². The minimum atomic E-state index is -0.295. The number of hydrogen-bond donors (Lipinski definition) is 3. The van der Waals surface area contributed by atoms with Crippen molar-refractivity contribution in [3.05, 3.63) is 0 Å². The van der Waals surface area contributed by atoms with Gasteiger partial charge in [-0.1, -0.05) is 26.7 Å². The molecule has 1 saturated carbocycles. The average molecular weight is 272 g/mol. The first-order chi connectivity index (χ1) is 9.21. The highest BCUT2D eigenvalue weighted by Crippen LogP contribution is 2.28. The molecular weight excluding hydrogens is 240 g/mol. The highest BCUT2D eigenvalue weighted by atomic mass is 16.3. The lowest BCUT2D eigenvalue weighted by atomic mass is 9.79. The number of nitrogens with one attached hydrogen (secondary N) is 1. The number of likely N-dealkylation sites (N-methyl/N-ethyl adjacent to an activating group) is 1. The van der Waals surface area contributed by atoms with Crippen molar-refractivity contribution in [3.63, 3.8) is 0 Å². The first kappa shape index (κ1) is 16.9. The molecule has 114 valence electrons. The lowest BCUT2D eigenvalue weighted by Gasteiger charge is -2.31.